The highest BCUT2D eigenvalue weighted by atomic mass is 19.1. The average Bonchev–Trinajstić information content (AvgIpc) is 3.19. The van der Waals surface area contributed by atoms with Crippen LogP contribution in [-0.2, 0) is 5.41 Å². The van der Waals surface area contributed by atoms with Crippen LogP contribution in [0.3, 0.4) is 0 Å². The summed E-state index contributed by atoms with van der Waals surface area (Å²) in [6.07, 6.45) is 2.53. The lowest BCUT2D eigenvalue weighted by atomic mass is 9.84. The van der Waals surface area contributed by atoms with Crippen LogP contribution in [0.2, 0.25) is 0 Å². The predicted molar refractivity (Wildman–Crippen MR) is 115 cm³/mol. The summed E-state index contributed by atoms with van der Waals surface area (Å²) in [5, 5.41) is 6.88. The summed E-state index contributed by atoms with van der Waals surface area (Å²) in [6.45, 7) is 6.56. The van der Waals surface area contributed by atoms with E-state index in [9.17, 15) is 4.39 Å². The quantitative estimate of drug-likeness (QED) is 0.578. The maximum absolute atomic E-state index is 14.0. The van der Waals surface area contributed by atoms with Gasteiger partial charge in [-0.25, -0.2) is 9.37 Å². The van der Waals surface area contributed by atoms with Crippen molar-refractivity contribution in [2.45, 2.75) is 31.7 Å². The van der Waals surface area contributed by atoms with Gasteiger partial charge in [0.15, 0.2) is 17.6 Å². The molecule has 2 N–H and O–H groups in total. The molecule has 1 aromatic carbocycles. The first-order valence-electron chi connectivity index (χ1n) is 9.90. The molecule has 1 aromatic heterocycles. The smallest absolute Gasteiger partial charge is 0.191 e. The molecule has 7 heteroatoms. The first-order valence-corrected chi connectivity index (χ1v) is 9.90. The van der Waals surface area contributed by atoms with E-state index in [1.165, 1.54) is 11.6 Å². The van der Waals surface area contributed by atoms with Crippen LogP contribution < -0.4 is 20.3 Å². The number of methoxy groups -OCH3 is 1. The SMILES string of the molecule is CN=C(NCC(C)(C)c1ccc(OC)cc1)NC1CCN(c2ncccc2F)C1. The number of hydrogen-bond donors (Lipinski definition) is 2. The second-order valence-electron chi connectivity index (χ2n) is 7.92. The second-order valence-corrected chi connectivity index (χ2v) is 7.92. The van der Waals surface area contributed by atoms with Gasteiger partial charge < -0.3 is 20.3 Å². The Morgan fingerprint density at radius 3 is 2.72 bits per heavy atom. The maximum Gasteiger partial charge on any atom is 0.191 e. The predicted octanol–water partition coefficient (Wildman–Crippen LogP) is 2.95. The summed E-state index contributed by atoms with van der Waals surface area (Å²) in [5.41, 5.74) is 1.14. The third-order valence-corrected chi connectivity index (χ3v) is 5.36. The normalized spacial score (nSPS) is 17.3. The molecule has 6 nitrogen and oxygen atoms in total. The van der Waals surface area contributed by atoms with E-state index >= 15 is 0 Å². The van der Waals surface area contributed by atoms with E-state index in [2.05, 4.69) is 46.6 Å². The zero-order valence-corrected chi connectivity index (χ0v) is 17.6. The van der Waals surface area contributed by atoms with Crippen molar-refractivity contribution in [2.24, 2.45) is 4.99 Å². The second kappa shape index (κ2) is 9.11. The fraction of sp³-hybridized carbons (Fsp3) is 0.455. The molecule has 0 bridgehead atoms. The van der Waals surface area contributed by atoms with Gasteiger partial charge in [-0.3, -0.25) is 4.99 Å². The number of pyridine rings is 1. The van der Waals surface area contributed by atoms with Gasteiger partial charge in [0.1, 0.15) is 5.75 Å². The summed E-state index contributed by atoms with van der Waals surface area (Å²) >= 11 is 0. The minimum atomic E-state index is -0.281. The lowest BCUT2D eigenvalue weighted by Gasteiger charge is -2.28. The van der Waals surface area contributed by atoms with Crippen molar-refractivity contribution in [3.05, 3.63) is 54.0 Å². The Bertz CT molecular complexity index is 837. The summed E-state index contributed by atoms with van der Waals surface area (Å²) in [4.78, 5) is 10.5. The molecule has 156 valence electrons. The third kappa shape index (κ3) is 5.16. The average molecular weight is 400 g/mol. The highest BCUT2D eigenvalue weighted by molar-refractivity contribution is 5.80. The summed E-state index contributed by atoms with van der Waals surface area (Å²) in [7, 11) is 3.44. The van der Waals surface area contributed by atoms with Gasteiger partial charge >= 0.3 is 0 Å². The molecule has 0 radical (unpaired) electrons. The van der Waals surface area contributed by atoms with Crippen LogP contribution in [-0.4, -0.2) is 50.8 Å². The van der Waals surface area contributed by atoms with E-state index in [-0.39, 0.29) is 17.3 Å². The Labute approximate surface area is 172 Å². The number of hydrogen-bond acceptors (Lipinski definition) is 4. The number of nitrogens with one attached hydrogen (secondary N) is 2. The van der Waals surface area contributed by atoms with Crippen LogP contribution in [0.25, 0.3) is 0 Å². The van der Waals surface area contributed by atoms with Gasteiger partial charge in [0.05, 0.1) is 7.11 Å². The van der Waals surface area contributed by atoms with Gasteiger partial charge in [0, 0.05) is 44.3 Å². The van der Waals surface area contributed by atoms with Gasteiger partial charge in [-0.05, 0) is 36.2 Å². The molecule has 2 heterocycles. The van der Waals surface area contributed by atoms with E-state index in [0.29, 0.717) is 12.4 Å². The van der Waals surface area contributed by atoms with Crippen molar-refractivity contribution in [3.63, 3.8) is 0 Å². The van der Waals surface area contributed by atoms with Gasteiger partial charge in [-0.1, -0.05) is 26.0 Å². The fourth-order valence-electron chi connectivity index (χ4n) is 3.52. The molecule has 1 unspecified atom stereocenters. The first kappa shape index (κ1) is 20.9. The van der Waals surface area contributed by atoms with E-state index in [4.69, 9.17) is 4.74 Å². The lowest BCUT2D eigenvalue weighted by molar-refractivity contribution is 0.414. The number of halogens is 1. The van der Waals surface area contributed by atoms with E-state index in [1.54, 1.807) is 26.4 Å². The first-order chi connectivity index (χ1) is 13.9. The monoisotopic (exact) mass is 399 g/mol. The van der Waals surface area contributed by atoms with Crippen molar-refractivity contribution in [1.29, 1.82) is 0 Å². The minimum Gasteiger partial charge on any atom is -0.497 e. The van der Waals surface area contributed by atoms with Crippen molar-refractivity contribution in [3.8, 4) is 5.75 Å². The zero-order valence-electron chi connectivity index (χ0n) is 17.6. The molecule has 0 saturated carbocycles. The largest absolute Gasteiger partial charge is 0.497 e. The molecule has 1 saturated heterocycles. The molecular formula is C22H30FN5O. The molecule has 0 spiro atoms. The maximum atomic E-state index is 14.0. The van der Waals surface area contributed by atoms with Crippen molar-refractivity contribution < 1.29 is 9.13 Å². The molecule has 1 atom stereocenters. The standard InChI is InChI=1S/C22H30FN5O/c1-22(2,16-7-9-18(29-4)10-8-16)15-26-21(24-3)27-17-11-13-28(14-17)20-19(23)6-5-12-25-20/h5-10,12,17H,11,13-15H2,1-4H3,(H2,24,26,27). The zero-order chi connectivity index (χ0) is 20.9. The topological polar surface area (TPSA) is 61.8 Å². The number of benzene rings is 1. The number of aromatic nitrogens is 1. The van der Waals surface area contributed by atoms with Crippen molar-refractivity contribution in [1.82, 2.24) is 15.6 Å². The van der Waals surface area contributed by atoms with E-state index in [1.807, 2.05) is 17.0 Å². The molecule has 29 heavy (non-hydrogen) atoms. The van der Waals surface area contributed by atoms with Crippen LogP contribution in [0, 0.1) is 5.82 Å². The summed E-state index contributed by atoms with van der Waals surface area (Å²) in [6, 6.07) is 11.4. The molecule has 3 rings (SSSR count). The van der Waals surface area contributed by atoms with Crippen molar-refractivity contribution >= 4 is 11.8 Å². The molecule has 2 aromatic rings. The fourth-order valence-corrected chi connectivity index (χ4v) is 3.52. The van der Waals surface area contributed by atoms with Gasteiger partial charge in [-0.15, -0.1) is 0 Å². The number of nitrogens with zero attached hydrogens (tertiary/aromatic N) is 3. The Morgan fingerprint density at radius 1 is 1.31 bits per heavy atom. The number of aliphatic imine (C=N–C) groups is 1. The lowest BCUT2D eigenvalue weighted by Crippen LogP contribution is -2.48. The number of guanidine groups is 1. The van der Waals surface area contributed by atoms with E-state index in [0.717, 1.165) is 31.2 Å². The Balaban J connectivity index is 1.55. The molecule has 0 amide bonds. The molecule has 1 fully saturated rings. The minimum absolute atomic E-state index is 0.0807. The van der Waals surface area contributed by atoms with Gasteiger partial charge in [-0.2, -0.15) is 0 Å². The number of ether oxygens (including phenoxy) is 1. The molecule has 1 aliphatic heterocycles. The molecule has 0 aliphatic carbocycles. The van der Waals surface area contributed by atoms with Gasteiger partial charge in [0.2, 0.25) is 0 Å². The van der Waals surface area contributed by atoms with E-state index < -0.39 is 0 Å². The summed E-state index contributed by atoms with van der Waals surface area (Å²) < 4.78 is 19.2. The summed E-state index contributed by atoms with van der Waals surface area (Å²) in [5.74, 6) is 1.74. The molecule has 1 aliphatic rings. The van der Waals surface area contributed by atoms with Crippen molar-refractivity contribution in [2.75, 3.05) is 38.7 Å². The number of rotatable bonds is 6. The van der Waals surface area contributed by atoms with Crippen LogP contribution in [0.15, 0.2) is 47.6 Å². The number of anilines is 1. The highest BCUT2D eigenvalue weighted by Crippen LogP contribution is 2.25. The van der Waals surface area contributed by atoms with Crippen LogP contribution in [0.4, 0.5) is 10.2 Å². The Morgan fingerprint density at radius 2 is 2.07 bits per heavy atom. The Hall–Kier alpha value is -2.83. The Kier molecular flexibility index (Phi) is 6.56. The van der Waals surface area contributed by atoms with Crippen LogP contribution in [0.5, 0.6) is 5.75 Å². The highest BCUT2D eigenvalue weighted by Gasteiger charge is 2.27. The van der Waals surface area contributed by atoms with Crippen LogP contribution in [0.1, 0.15) is 25.8 Å². The van der Waals surface area contributed by atoms with Gasteiger partial charge in [0.25, 0.3) is 0 Å². The van der Waals surface area contributed by atoms with Crippen LogP contribution >= 0.6 is 0 Å². The third-order valence-electron chi connectivity index (χ3n) is 5.36. The molecular weight excluding hydrogens is 369 g/mol.